The topological polar surface area (TPSA) is 145 Å². The van der Waals surface area contributed by atoms with Crippen LogP contribution in [-0.2, 0) is 38.5 Å². The number of fused-ring (bicyclic) bond motifs is 3. The Kier molecular flexibility index (Phi) is 8.83. The minimum atomic E-state index is -3.22. The fraction of sp³-hybridized carbons (Fsp3) is 0.808. The van der Waals surface area contributed by atoms with Gasteiger partial charge < -0.3 is 29.2 Å². The van der Waals surface area contributed by atoms with E-state index < -0.39 is 52.9 Å². The Morgan fingerprint density at radius 2 is 1.59 bits per heavy atom. The largest absolute Gasteiger partial charge is 0.378 e. The smallest absolute Gasteiger partial charge is 0.245 e. The number of carbonyl (C=O) groups is 5. The summed E-state index contributed by atoms with van der Waals surface area (Å²) in [6, 6.07) is -0.984. The van der Waals surface area contributed by atoms with Crippen molar-refractivity contribution in [2.45, 2.75) is 37.9 Å². The molecule has 5 aliphatic rings. The van der Waals surface area contributed by atoms with E-state index in [1.807, 2.05) is 0 Å². The maximum absolute atomic E-state index is 14.5. The molecule has 5 heterocycles. The molecule has 41 heavy (non-hydrogen) atoms. The number of ether oxygens (including phenoxy) is 1. The van der Waals surface area contributed by atoms with E-state index in [-0.39, 0.29) is 80.6 Å². The van der Waals surface area contributed by atoms with Crippen LogP contribution in [0, 0.1) is 11.8 Å². The zero-order valence-corrected chi connectivity index (χ0v) is 23.9. The molecule has 2 bridgehead atoms. The number of nitrogens with zero attached hydrogens (tertiary/aromatic N) is 5. The molecule has 0 aromatic rings. The number of sulfone groups is 1. The first kappa shape index (κ1) is 29.7. The number of piperidine rings is 1. The minimum Gasteiger partial charge on any atom is -0.378 e. The van der Waals surface area contributed by atoms with Crippen molar-refractivity contribution in [2.24, 2.45) is 11.8 Å². The molecule has 0 radical (unpaired) electrons. The lowest BCUT2D eigenvalue weighted by Crippen LogP contribution is -2.53. The first-order valence-electron chi connectivity index (χ1n) is 14.3. The zero-order valence-electron chi connectivity index (χ0n) is 23.1. The van der Waals surface area contributed by atoms with Gasteiger partial charge in [-0.05, 0) is 18.3 Å². The Hall–Kier alpha value is -2.81. The van der Waals surface area contributed by atoms with Gasteiger partial charge in [-0.2, -0.15) is 0 Å². The van der Waals surface area contributed by atoms with Gasteiger partial charge in [-0.15, -0.1) is 0 Å². The van der Waals surface area contributed by atoms with Gasteiger partial charge in [0.05, 0.1) is 31.3 Å². The summed E-state index contributed by atoms with van der Waals surface area (Å²) < 4.78 is 43.5. The molecule has 5 fully saturated rings. The van der Waals surface area contributed by atoms with Crippen LogP contribution in [0.25, 0.3) is 0 Å². The number of carbonyl (C=O) groups excluding carboxylic acids is 5. The predicted molar refractivity (Wildman–Crippen MR) is 142 cm³/mol. The third kappa shape index (κ3) is 6.82. The summed E-state index contributed by atoms with van der Waals surface area (Å²) in [5.41, 5.74) is 0. The average Bonchev–Trinajstić information content (AvgIpc) is 3.34. The van der Waals surface area contributed by atoms with E-state index >= 15 is 0 Å². The van der Waals surface area contributed by atoms with Gasteiger partial charge in [-0.1, -0.05) is 0 Å². The second-order valence-electron chi connectivity index (χ2n) is 11.7. The van der Waals surface area contributed by atoms with Crippen LogP contribution < -0.4 is 0 Å². The van der Waals surface area contributed by atoms with Gasteiger partial charge in [0.1, 0.15) is 25.3 Å². The molecule has 5 aliphatic heterocycles. The average molecular weight is 600 g/mol. The lowest BCUT2D eigenvalue weighted by molar-refractivity contribution is -0.147. The maximum atomic E-state index is 14.5. The highest BCUT2D eigenvalue weighted by Gasteiger charge is 2.45. The van der Waals surface area contributed by atoms with Crippen LogP contribution in [0.5, 0.6) is 0 Å². The van der Waals surface area contributed by atoms with Gasteiger partial charge in [0.2, 0.25) is 29.5 Å². The lowest BCUT2D eigenvalue weighted by atomic mass is 9.80. The summed E-state index contributed by atoms with van der Waals surface area (Å²) in [7, 11) is -3.22. The van der Waals surface area contributed by atoms with Crippen LogP contribution in [0.2, 0.25) is 0 Å². The van der Waals surface area contributed by atoms with Crippen molar-refractivity contribution in [3.8, 4) is 0 Å². The fourth-order valence-corrected chi connectivity index (χ4v) is 7.72. The van der Waals surface area contributed by atoms with Gasteiger partial charge in [0.25, 0.3) is 0 Å². The van der Waals surface area contributed by atoms with Gasteiger partial charge in [-0.3, -0.25) is 24.0 Å². The van der Waals surface area contributed by atoms with Crippen molar-refractivity contribution >= 4 is 39.4 Å². The van der Waals surface area contributed by atoms with Crippen LogP contribution >= 0.6 is 0 Å². The normalized spacial score (nSPS) is 31.1. The van der Waals surface area contributed by atoms with Gasteiger partial charge in [0, 0.05) is 58.5 Å². The van der Waals surface area contributed by atoms with Crippen LogP contribution in [0.3, 0.4) is 0 Å². The van der Waals surface area contributed by atoms with Crippen LogP contribution in [0.15, 0.2) is 0 Å². The zero-order chi connectivity index (χ0) is 29.3. The maximum Gasteiger partial charge on any atom is 0.245 e. The molecule has 15 heteroatoms. The monoisotopic (exact) mass is 599 g/mol. The first-order valence-corrected chi connectivity index (χ1v) is 16.2. The molecule has 0 aromatic carbocycles. The molecular weight excluding hydrogens is 561 g/mol. The first-order chi connectivity index (χ1) is 19.5. The van der Waals surface area contributed by atoms with Gasteiger partial charge in [-0.25, -0.2) is 12.8 Å². The molecule has 0 spiro atoms. The summed E-state index contributed by atoms with van der Waals surface area (Å²) in [5, 5.41) is 0. The van der Waals surface area contributed by atoms with Crippen LogP contribution in [-0.4, -0.2) is 158 Å². The van der Waals surface area contributed by atoms with E-state index in [1.165, 1.54) is 9.80 Å². The van der Waals surface area contributed by atoms with E-state index in [2.05, 4.69) is 0 Å². The highest BCUT2D eigenvalue weighted by atomic mass is 32.2. The van der Waals surface area contributed by atoms with Crippen molar-refractivity contribution < 1.29 is 41.5 Å². The molecule has 0 saturated carbocycles. The quantitative estimate of drug-likeness (QED) is 0.366. The van der Waals surface area contributed by atoms with Crippen LogP contribution in [0.4, 0.5) is 4.39 Å². The predicted octanol–water partition coefficient (Wildman–Crippen LogP) is -1.87. The third-order valence-electron chi connectivity index (χ3n) is 9.00. The van der Waals surface area contributed by atoms with E-state index in [4.69, 9.17) is 4.74 Å². The van der Waals surface area contributed by atoms with Crippen molar-refractivity contribution in [3.63, 3.8) is 0 Å². The lowest BCUT2D eigenvalue weighted by Gasteiger charge is -2.40. The number of rotatable bonds is 4. The number of halogens is 1. The highest BCUT2D eigenvalue weighted by Crippen LogP contribution is 2.33. The van der Waals surface area contributed by atoms with Gasteiger partial charge in [0.15, 0.2) is 9.84 Å². The summed E-state index contributed by atoms with van der Waals surface area (Å²) >= 11 is 0. The molecule has 0 aliphatic carbocycles. The molecular formula is C26H38FN5O8S. The third-order valence-corrected chi connectivity index (χ3v) is 10.6. The number of morpholine rings is 1. The van der Waals surface area contributed by atoms with Crippen molar-refractivity contribution in [2.75, 3.05) is 83.6 Å². The van der Waals surface area contributed by atoms with Crippen LogP contribution in [0.1, 0.15) is 25.7 Å². The number of hydrogen-bond acceptors (Lipinski definition) is 8. The highest BCUT2D eigenvalue weighted by molar-refractivity contribution is 7.91. The van der Waals surface area contributed by atoms with E-state index in [9.17, 15) is 36.8 Å². The molecule has 0 N–H and O–H groups in total. The van der Waals surface area contributed by atoms with Crippen molar-refractivity contribution in [1.29, 1.82) is 0 Å². The second kappa shape index (κ2) is 12.2. The SMILES string of the molecule is O=C(C[C@@H]1CCN2C[C@@H]1CC(=O)N(CC(=O)N1CCS(=O)(=O)CC1)CC(=O)N1C[C@@H](F)C[C@H]1C2=O)N1CCOCC1. The minimum absolute atomic E-state index is 0.00663. The van der Waals surface area contributed by atoms with Crippen molar-refractivity contribution in [3.05, 3.63) is 0 Å². The van der Waals surface area contributed by atoms with E-state index in [0.717, 1.165) is 4.90 Å². The molecule has 4 atom stereocenters. The molecule has 228 valence electrons. The summed E-state index contributed by atoms with van der Waals surface area (Å²) in [5.74, 6) is -2.85. The fourth-order valence-electron chi connectivity index (χ4n) is 6.52. The number of amides is 5. The molecule has 0 unspecified atom stereocenters. The molecule has 0 aromatic heterocycles. The summed E-state index contributed by atoms with van der Waals surface area (Å²) in [6.07, 6.45) is -0.866. The van der Waals surface area contributed by atoms with E-state index in [1.54, 1.807) is 9.80 Å². The Labute approximate surface area is 238 Å². The molecule has 13 nitrogen and oxygen atoms in total. The molecule has 5 rings (SSSR count). The number of hydrogen-bond donors (Lipinski definition) is 0. The Bertz CT molecular complexity index is 1160. The Morgan fingerprint density at radius 3 is 2.29 bits per heavy atom. The summed E-state index contributed by atoms with van der Waals surface area (Å²) in [4.78, 5) is 73.7. The van der Waals surface area contributed by atoms with Crippen molar-refractivity contribution in [1.82, 2.24) is 24.5 Å². The Morgan fingerprint density at radius 1 is 0.902 bits per heavy atom. The van der Waals surface area contributed by atoms with E-state index in [0.29, 0.717) is 39.3 Å². The second-order valence-corrected chi connectivity index (χ2v) is 14.0. The molecule has 5 amide bonds. The standard InChI is InChI=1S/C26H38FN5O8S/c27-20-13-21-26(37)30-2-1-18(11-22(33)28-3-7-40-8-4-28)19(14-30)12-23(34)31(17-25(36)32(21)15-20)16-24(35)29-5-9-41(38,39)10-6-29/h18-21H,1-17H2/t18-,19-,20-,21-/m0/s1. The van der Waals surface area contributed by atoms with Gasteiger partial charge >= 0.3 is 0 Å². The summed E-state index contributed by atoms with van der Waals surface area (Å²) in [6.45, 7) is 1.31. The Balaban J connectivity index is 1.36. The molecule has 5 saturated heterocycles. The number of alkyl halides is 1.